The van der Waals surface area contributed by atoms with E-state index in [1.165, 1.54) is 0 Å². The van der Waals surface area contributed by atoms with Crippen molar-refractivity contribution < 1.29 is 9.76 Å². The molecule has 0 unspecified atom stereocenters. The Morgan fingerprint density at radius 3 is 2.47 bits per heavy atom. The second-order valence-corrected chi connectivity index (χ2v) is 5.58. The van der Waals surface area contributed by atoms with Gasteiger partial charge >= 0.3 is 7.48 Å². The van der Waals surface area contributed by atoms with Crippen LogP contribution in [0.5, 0.6) is 0 Å². The van der Waals surface area contributed by atoms with Gasteiger partial charge < -0.3 is 15.5 Å². The predicted molar refractivity (Wildman–Crippen MR) is 81.2 cm³/mol. The molecule has 3 N–H and O–H groups in total. The molecule has 5 heteroatoms. The Morgan fingerprint density at radius 2 is 1.95 bits per heavy atom. The van der Waals surface area contributed by atoms with Gasteiger partial charge in [-0.1, -0.05) is 17.6 Å². The maximum Gasteiger partial charge on any atom is 0.330 e. The molecule has 0 aliphatic carbocycles. The second-order valence-electron chi connectivity index (χ2n) is 5.58. The highest BCUT2D eigenvalue weighted by atomic mass is 16.5. The van der Waals surface area contributed by atoms with Gasteiger partial charge in [-0.05, 0) is 33.8 Å². The van der Waals surface area contributed by atoms with E-state index in [4.69, 9.17) is 10.4 Å². The fourth-order valence-electron chi connectivity index (χ4n) is 1.28. The average molecular weight is 261 g/mol. The van der Waals surface area contributed by atoms with Crippen LogP contribution in [0.3, 0.4) is 0 Å². The van der Waals surface area contributed by atoms with Crippen LogP contribution >= 0.6 is 0 Å². The predicted octanol–water partition coefficient (Wildman–Crippen LogP) is 1.13. The minimum absolute atomic E-state index is 0.671. The topological polar surface area (TPSA) is 67.8 Å². The van der Waals surface area contributed by atoms with E-state index in [2.05, 4.69) is 4.99 Å². The molecular weight excluding hydrogens is 239 g/mol. The smallest absolute Gasteiger partial charge is 0.330 e. The Bertz CT molecular complexity index is 465. The zero-order chi connectivity index (χ0) is 14.7. The van der Waals surface area contributed by atoms with Crippen molar-refractivity contribution in [3.05, 3.63) is 23.8 Å². The Labute approximate surface area is 116 Å². The van der Waals surface area contributed by atoms with Gasteiger partial charge in [0, 0.05) is 24.5 Å². The van der Waals surface area contributed by atoms with Crippen molar-refractivity contribution in [3.8, 4) is 0 Å². The molecule has 0 atom stereocenters. The number of nitrogens with two attached hydrogens (primary N) is 1. The zero-order valence-electron chi connectivity index (χ0n) is 12.3. The van der Waals surface area contributed by atoms with Gasteiger partial charge in [-0.3, -0.25) is 4.99 Å². The van der Waals surface area contributed by atoms with Crippen molar-refractivity contribution in [3.63, 3.8) is 0 Å². The first-order chi connectivity index (χ1) is 8.67. The first-order valence-corrected chi connectivity index (χ1v) is 6.22. The molecule has 0 bridgehead atoms. The number of aliphatic hydroxyl groups is 1. The van der Waals surface area contributed by atoms with E-state index in [1.807, 2.05) is 32.0 Å². The monoisotopic (exact) mass is 261 g/mol. The molecule has 0 spiro atoms. The number of benzene rings is 1. The average Bonchev–Trinajstić information content (AvgIpc) is 2.29. The van der Waals surface area contributed by atoms with Gasteiger partial charge in [0.05, 0.1) is 11.2 Å². The molecular formula is C14H22BN2O2. The number of aliphatic imine (C=N–C) groups is 1. The summed E-state index contributed by atoms with van der Waals surface area (Å²) < 4.78 is 5.69. The van der Waals surface area contributed by atoms with Crippen LogP contribution in [0.2, 0.25) is 0 Å². The lowest BCUT2D eigenvalue weighted by atomic mass is 9.82. The molecule has 0 amide bonds. The standard InChI is InChI=1S/C14H22BN2O2/c1-13(2,18)14(3,4)19-15-11-6-7-12(16)10(8-11)9-17-5/h6-9,18H,16H2,1-5H3. The lowest BCUT2D eigenvalue weighted by Gasteiger charge is -2.37. The highest BCUT2D eigenvalue weighted by Crippen LogP contribution is 2.24. The first-order valence-electron chi connectivity index (χ1n) is 6.22. The SMILES string of the molecule is CN=Cc1cc([B]OC(C)(C)C(C)(C)O)ccc1N. The van der Waals surface area contributed by atoms with Crippen LogP contribution < -0.4 is 11.2 Å². The van der Waals surface area contributed by atoms with Crippen molar-refractivity contribution in [2.24, 2.45) is 4.99 Å². The van der Waals surface area contributed by atoms with E-state index in [9.17, 15) is 5.11 Å². The van der Waals surface area contributed by atoms with Gasteiger partial charge in [-0.2, -0.15) is 0 Å². The highest BCUT2D eigenvalue weighted by molar-refractivity contribution is 6.47. The summed E-state index contributed by atoms with van der Waals surface area (Å²) in [6.07, 6.45) is 1.70. The number of nitrogens with zero attached hydrogens (tertiary/aromatic N) is 1. The molecule has 0 heterocycles. The number of hydrogen-bond acceptors (Lipinski definition) is 4. The van der Waals surface area contributed by atoms with Crippen molar-refractivity contribution in [1.82, 2.24) is 0 Å². The molecule has 0 aromatic heterocycles. The summed E-state index contributed by atoms with van der Waals surface area (Å²) in [4.78, 5) is 3.96. The summed E-state index contributed by atoms with van der Waals surface area (Å²) in [7, 11) is 3.33. The molecule has 0 saturated carbocycles. The van der Waals surface area contributed by atoms with Gasteiger partial charge in [-0.25, -0.2) is 0 Å². The minimum Gasteiger partial charge on any atom is -0.427 e. The summed E-state index contributed by atoms with van der Waals surface area (Å²) in [6, 6.07) is 5.56. The summed E-state index contributed by atoms with van der Waals surface area (Å²) in [5, 5.41) is 10.0. The van der Waals surface area contributed by atoms with Crippen molar-refractivity contribution in [1.29, 1.82) is 0 Å². The van der Waals surface area contributed by atoms with Gasteiger partial charge in [0.25, 0.3) is 0 Å². The molecule has 0 aliphatic heterocycles. The maximum absolute atomic E-state index is 10.0. The van der Waals surface area contributed by atoms with E-state index in [1.54, 1.807) is 34.6 Å². The van der Waals surface area contributed by atoms with Crippen molar-refractivity contribution >= 4 is 24.8 Å². The van der Waals surface area contributed by atoms with Gasteiger partial charge in [0.15, 0.2) is 0 Å². The first kappa shape index (κ1) is 15.7. The molecule has 103 valence electrons. The van der Waals surface area contributed by atoms with E-state index in [0.717, 1.165) is 11.0 Å². The van der Waals surface area contributed by atoms with E-state index in [-0.39, 0.29) is 0 Å². The molecule has 4 nitrogen and oxygen atoms in total. The van der Waals surface area contributed by atoms with Crippen LogP contribution in [0, 0.1) is 0 Å². The zero-order valence-corrected chi connectivity index (χ0v) is 12.3. The Morgan fingerprint density at radius 1 is 1.32 bits per heavy atom. The van der Waals surface area contributed by atoms with Crippen LogP contribution in [0.4, 0.5) is 5.69 Å². The lowest BCUT2D eigenvalue weighted by Crippen LogP contribution is -2.49. The lowest BCUT2D eigenvalue weighted by molar-refractivity contribution is -0.0893. The molecule has 1 aromatic rings. The Hall–Kier alpha value is -1.33. The fraction of sp³-hybridized carbons (Fsp3) is 0.500. The van der Waals surface area contributed by atoms with Crippen LogP contribution in [-0.2, 0) is 4.65 Å². The third-order valence-electron chi connectivity index (χ3n) is 3.34. The largest absolute Gasteiger partial charge is 0.427 e. The van der Waals surface area contributed by atoms with E-state index >= 15 is 0 Å². The van der Waals surface area contributed by atoms with E-state index in [0.29, 0.717) is 5.69 Å². The maximum atomic E-state index is 10.0. The normalized spacial score (nSPS) is 12.9. The molecule has 0 aliphatic rings. The number of hydrogen-bond donors (Lipinski definition) is 2. The van der Waals surface area contributed by atoms with Crippen LogP contribution in [0.25, 0.3) is 0 Å². The van der Waals surface area contributed by atoms with Gasteiger partial charge in [-0.15, -0.1) is 0 Å². The summed E-state index contributed by atoms with van der Waals surface area (Å²) in [5.41, 5.74) is 6.61. The summed E-state index contributed by atoms with van der Waals surface area (Å²) in [6.45, 7) is 7.13. The van der Waals surface area contributed by atoms with Gasteiger partial charge in [0.2, 0.25) is 0 Å². The fourth-order valence-corrected chi connectivity index (χ4v) is 1.28. The summed E-state index contributed by atoms with van der Waals surface area (Å²) in [5.74, 6) is 0. The van der Waals surface area contributed by atoms with Gasteiger partial charge in [0.1, 0.15) is 0 Å². The Balaban J connectivity index is 2.82. The van der Waals surface area contributed by atoms with Crippen LogP contribution in [0.1, 0.15) is 33.3 Å². The molecule has 1 radical (unpaired) electrons. The third kappa shape index (κ3) is 4.08. The van der Waals surface area contributed by atoms with Crippen LogP contribution in [-0.4, -0.2) is 37.1 Å². The van der Waals surface area contributed by atoms with Crippen molar-refractivity contribution in [2.75, 3.05) is 12.8 Å². The number of rotatable bonds is 5. The molecule has 1 rings (SSSR count). The quantitative estimate of drug-likeness (QED) is 0.474. The number of nitrogen functional groups attached to an aromatic ring is 1. The molecule has 0 fully saturated rings. The summed E-state index contributed by atoms with van der Waals surface area (Å²) >= 11 is 0. The number of anilines is 1. The Kier molecular flexibility index (Phi) is 4.77. The molecule has 0 saturated heterocycles. The van der Waals surface area contributed by atoms with E-state index < -0.39 is 11.2 Å². The highest BCUT2D eigenvalue weighted by Gasteiger charge is 2.35. The minimum atomic E-state index is -0.939. The molecule has 1 aromatic carbocycles. The second kappa shape index (κ2) is 5.76. The van der Waals surface area contributed by atoms with Crippen LogP contribution in [0.15, 0.2) is 23.2 Å². The third-order valence-corrected chi connectivity index (χ3v) is 3.34. The van der Waals surface area contributed by atoms with Crippen molar-refractivity contribution in [2.45, 2.75) is 38.9 Å². The molecule has 19 heavy (non-hydrogen) atoms.